The second-order valence-electron chi connectivity index (χ2n) is 10.3. The average molecular weight is 509 g/mol. The quantitative estimate of drug-likeness (QED) is 0.243. The van der Waals surface area contributed by atoms with Gasteiger partial charge in [-0.3, -0.25) is 23.9 Å². The lowest BCUT2D eigenvalue weighted by molar-refractivity contribution is -0.123. The summed E-state index contributed by atoms with van der Waals surface area (Å²) in [5, 5.41) is 6.42. The van der Waals surface area contributed by atoms with Crippen LogP contribution in [0.25, 0.3) is 38.1 Å². The van der Waals surface area contributed by atoms with E-state index in [0.29, 0.717) is 30.1 Å². The fraction of sp³-hybridized carbons (Fsp3) is 0.323. The molecule has 1 atom stereocenters. The number of likely N-dealkylation sites (N-methyl/N-ethyl adjacent to an activating group) is 1. The molecule has 1 fully saturated rings. The van der Waals surface area contributed by atoms with Crippen LogP contribution in [0.1, 0.15) is 32.3 Å². The van der Waals surface area contributed by atoms with E-state index < -0.39 is 0 Å². The van der Waals surface area contributed by atoms with Gasteiger partial charge in [0.2, 0.25) is 0 Å². The van der Waals surface area contributed by atoms with E-state index in [2.05, 4.69) is 28.7 Å². The van der Waals surface area contributed by atoms with Crippen LogP contribution in [0.15, 0.2) is 65.6 Å². The van der Waals surface area contributed by atoms with Crippen molar-refractivity contribution in [1.29, 1.82) is 0 Å². The van der Waals surface area contributed by atoms with E-state index in [0.717, 1.165) is 63.4 Å². The fourth-order valence-electron chi connectivity index (χ4n) is 6.09. The Hall–Kier alpha value is -3.97. The first-order valence-corrected chi connectivity index (χ1v) is 13.3. The average Bonchev–Trinajstić information content (AvgIpc) is 3.52. The molecule has 7 heteroatoms. The van der Waals surface area contributed by atoms with Gasteiger partial charge in [-0.25, -0.2) is 0 Å². The van der Waals surface area contributed by atoms with Crippen LogP contribution in [-0.2, 0) is 11.2 Å². The summed E-state index contributed by atoms with van der Waals surface area (Å²) in [6.45, 7) is 10.9. The number of rotatable bonds is 8. The predicted octanol–water partition coefficient (Wildman–Crippen LogP) is 4.69. The Balaban J connectivity index is 1.41. The topological polar surface area (TPSA) is 75.9 Å². The van der Waals surface area contributed by atoms with Crippen molar-refractivity contribution in [3.63, 3.8) is 0 Å². The van der Waals surface area contributed by atoms with Gasteiger partial charge in [0.1, 0.15) is 5.75 Å². The van der Waals surface area contributed by atoms with Crippen LogP contribution in [-0.4, -0.2) is 52.5 Å². The zero-order valence-electron chi connectivity index (χ0n) is 21.9. The number of aromatic nitrogens is 2. The Labute approximate surface area is 221 Å². The maximum atomic E-state index is 13.7. The largest absolute Gasteiger partial charge is 0.483 e. The molecule has 5 aromatic rings. The van der Waals surface area contributed by atoms with E-state index in [-0.39, 0.29) is 18.1 Å². The monoisotopic (exact) mass is 508 g/mol. The van der Waals surface area contributed by atoms with Crippen molar-refractivity contribution in [2.75, 3.05) is 26.2 Å². The molecule has 3 aromatic heterocycles. The third kappa shape index (κ3) is 3.98. The maximum absolute atomic E-state index is 13.7. The van der Waals surface area contributed by atoms with Gasteiger partial charge in [0.15, 0.2) is 6.61 Å². The van der Waals surface area contributed by atoms with Gasteiger partial charge in [0.25, 0.3) is 11.5 Å². The second-order valence-corrected chi connectivity index (χ2v) is 10.3. The van der Waals surface area contributed by atoms with Gasteiger partial charge in [0, 0.05) is 45.9 Å². The molecular formula is C31H32N4O3. The minimum Gasteiger partial charge on any atom is -0.483 e. The number of hydrogen-bond donors (Lipinski definition) is 1. The summed E-state index contributed by atoms with van der Waals surface area (Å²) in [4.78, 5) is 33.5. The van der Waals surface area contributed by atoms with Gasteiger partial charge < -0.3 is 10.1 Å². The van der Waals surface area contributed by atoms with Crippen molar-refractivity contribution in [2.45, 2.75) is 39.2 Å². The molecule has 0 saturated carbocycles. The Morgan fingerprint density at radius 3 is 2.76 bits per heavy atom. The van der Waals surface area contributed by atoms with Crippen LogP contribution in [0.4, 0.5) is 0 Å². The van der Waals surface area contributed by atoms with Gasteiger partial charge in [-0.2, -0.15) is 0 Å². The molecule has 0 unspecified atom stereocenters. The molecule has 7 nitrogen and oxygen atoms in total. The lowest BCUT2D eigenvalue weighted by Gasteiger charge is -2.23. The molecule has 1 amide bonds. The van der Waals surface area contributed by atoms with Crippen molar-refractivity contribution < 1.29 is 9.53 Å². The SMILES string of the molecule is C=C(C)Cc1c(OCC(=O)NC[C@H]2CCCN2CC)ccc2c1c1ccnc3c4ccccc4c(=O)n2c13. The standard InChI is InChI=1S/C31H32N4O3/c1-4-34-15-7-8-20(34)17-33-27(36)18-38-26-12-11-25-28(24(26)16-19(2)3)23-13-14-32-29-21-9-5-6-10-22(21)31(37)35(25)30(23)29/h5-6,9-14,20H,2,4,7-8,15-18H2,1,3H3,(H,33,36)/t20-/m1/s1. The molecule has 2 aromatic carbocycles. The summed E-state index contributed by atoms with van der Waals surface area (Å²) in [5.41, 5.74) is 4.24. The van der Waals surface area contributed by atoms with E-state index in [1.165, 1.54) is 6.42 Å². The van der Waals surface area contributed by atoms with Crippen LogP contribution >= 0.6 is 0 Å². The summed E-state index contributed by atoms with van der Waals surface area (Å²) in [7, 11) is 0. The van der Waals surface area contributed by atoms with Crippen molar-refractivity contribution in [1.82, 2.24) is 19.6 Å². The number of nitrogens with one attached hydrogen (secondary N) is 1. The molecule has 38 heavy (non-hydrogen) atoms. The van der Waals surface area contributed by atoms with Gasteiger partial charge in [0.05, 0.1) is 16.6 Å². The number of hydrogen-bond acceptors (Lipinski definition) is 5. The highest BCUT2D eigenvalue weighted by molar-refractivity contribution is 6.19. The second kappa shape index (κ2) is 9.72. The Morgan fingerprint density at radius 1 is 1.16 bits per heavy atom. The molecule has 4 heterocycles. The van der Waals surface area contributed by atoms with E-state index in [1.807, 2.05) is 49.4 Å². The normalized spacial score (nSPS) is 16.2. The van der Waals surface area contributed by atoms with E-state index in [4.69, 9.17) is 4.74 Å². The first-order valence-electron chi connectivity index (χ1n) is 13.3. The Morgan fingerprint density at radius 2 is 1.97 bits per heavy atom. The van der Waals surface area contributed by atoms with Crippen LogP contribution in [0.3, 0.4) is 0 Å². The minimum atomic E-state index is -0.133. The molecule has 1 aliphatic rings. The lowest BCUT2D eigenvalue weighted by atomic mass is 9.99. The van der Waals surface area contributed by atoms with Crippen LogP contribution in [0.2, 0.25) is 0 Å². The van der Waals surface area contributed by atoms with Gasteiger partial charge >= 0.3 is 0 Å². The molecule has 0 radical (unpaired) electrons. The highest BCUT2D eigenvalue weighted by Gasteiger charge is 2.24. The fourth-order valence-corrected chi connectivity index (χ4v) is 6.09. The van der Waals surface area contributed by atoms with E-state index in [9.17, 15) is 9.59 Å². The summed E-state index contributed by atoms with van der Waals surface area (Å²) in [6.07, 6.45) is 4.65. The summed E-state index contributed by atoms with van der Waals surface area (Å²) < 4.78 is 7.90. The number of nitrogens with zero attached hydrogens (tertiary/aromatic N) is 3. The van der Waals surface area contributed by atoms with Crippen LogP contribution < -0.4 is 15.6 Å². The summed E-state index contributed by atoms with van der Waals surface area (Å²) >= 11 is 0. The molecule has 0 bridgehead atoms. The Bertz CT molecular complexity index is 1760. The zero-order valence-corrected chi connectivity index (χ0v) is 21.9. The third-order valence-corrected chi connectivity index (χ3v) is 7.80. The van der Waals surface area contributed by atoms with Crippen LogP contribution in [0.5, 0.6) is 5.75 Å². The smallest absolute Gasteiger partial charge is 0.263 e. The Kier molecular flexibility index (Phi) is 6.24. The molecule has 1 saturated heterocycles. The van der Waals surface area contributed by atoms with Crippen molar-refractivity contribution in [2.24, 2.45) is 0 Å². The molecular weight excluding hydrogens is 476 g/mol. The van der Waals surface area contributed by atoms with Crippen molar-refractivity contribution in [3.05, 3.63) is 76.7 Å². The number of likely N-dealkylation sites (tertiary alicyclic amines) is 1. The molecule has 1 aliphatic heterocycles. The first-order chi connectivity index (χ1) is 18.5. The number of allylic oxidation sites excluding steroid dienone is 1. The number of pyridine rings is 2. The predicted molar refractivity (Wildman–Crippen MR) is 152 cm³/mol. The minimum absolute atomic E-state index is 0.0661. The van der Waals surface area contributed by atoms with Gasteiger partial charge in [-0.05, 0) is 63.5 Å². The number of carbonyl (C=O) groups excluding carboxylic acids is 1. The summed E-state index contributed by atoms with van der Waals surface area (Å²) in [5.74, 6) is 0.500. The molecule has 0 aliphatic carbocycles. The lowest BCUT2D eigenvalue weighted by Crippen LogP contribution is -2.41. The number of benzene rings is 2. The molecule has 0 spiro atoms. The maximum Gasteiger partial charge on any atom is 0.263 e. The van der Waals surface area contributed by atoms with Gasteiger partial charge in [-0.1, -0.05) is 37.3 Å². The van der Waals surface area contributed by atoms with Crippen molar-refractivity contribution >= 4 is 44.0 Å². The van der Waals surface area contributed by atoms with E-state index in [1.54, 1.807) is 10.6 Å². The number of amides is 1. The molecule has 1 N–H and O–H groups in total. The van der Waals surface area contributed by atoms with Gasteiger partial charge in [-0.15, -0.1) is 0 Å². The van der Waals surface area contributed by atoms with Crippen LogP contribution in [0, 0.1) is 0 Å². The number of ether oxygens (including phenoxy) is 1. The van der Waals surface area contributed by atoms with Crippen molar-refractivity contribution in [3.8, 4) is 5.75 Å². The highest BCUT2D eigenvalue weighted by atomic mass is 16.5. The third-order valence-electron chi connectivity index (χ3n) is 7.80. The molecule has 6 rings (SSSR count). The van der Waals surface area contributed by atoms with E-state index >= 15 is 0 Å². The summed E-state index contributed by atoms with van der Waals surface area (Å²) in [6, 6.07) is 13.7. The number of fused-ring (bicyclic) bond motifs is 5. The molecule has 194 valence electrons. The zero-order chi connectivity index (χ0) is 26.4. The highest BCUT2D eigenvalue weighted by Crippen LogP contribution is 2.39. The first kappa shape index (κ1) is 24.4. The number of carbonyl (C=O) groups is 1.